The Balaban J connectivity index is 1.61. The maximum Gasteiger partial charge on any atom is 0.242 e. The van der Waals surface area contributed by atoms with E-state index in [1.807, 2.05) is 31.2 Å². The summed E-state index contributed by atoms with van der Waals surface area (Å²) in [5, 5.41) is 3.32. The zero-order chi connectivity index (χ0) is 21.1. The molecule has 2 amide bonds. The highest BCUT2D eigenvalue weighted by Crippen LogP contribution is 2.36. The Bertz CT molecular complexity index is 1010. The minimum Gasteiger partial charge on any atom is -0.454 e. The molecule has 2 aromatic rings. The van der Waals surface area contributed by atoms with Crippen LogP contribution in [-0.2, 0) is 16.1 Å². The summed E-state index contributed by atoms with van der Waals surface area (Å²) < 4.78 is 10.8. The summed E-state index contributed by atoms with van der Waals surface area (Å²) in [5.74, 6) is 1.03. The molecule has 1 fully saturated rings. The summed E-state index contributed by atoms with van der Waals surface area (Å²) >= 11 is 7.37. The normalized spacial score (nSPS) is 18.9. The summed E-state index contributed by atoms with van der Waals surface area (Å²) in [4.78, 5) is 31.4. The number of nitrogens with one attached hydrogen (secondary N) is 1. The van der Waals surface area contributed by atoms with Crippen LogP contribution in [0.5, 0.6) is 11.5 Å². The van der Waals surface area contributed by atoms with Crippen molar-refractivity contribution in [2.24, 2.45) is 4.99 Å². The van der Waals surface area contributed by atoms with Gasteiger partial charge in [0.05, 0.1) is 12.2 Å². The smallest absolute Gasteiger partial charge is 0.242 e. The number of thioether (sulfide) groups is 1. The summed E-state index contributed by atoms with van der Waals surface area (Å²) in [6.45, 7) is 2.87. The van der Waals surface area contributed by atoms with Gasteiger partial charge in [0, 0.05) is 18.0 Å². The molecule has 30 heavy (non-hydrogen) atoms. The lowest BCUT2D eigenvalue weighted by Gasteiger charge is -2.17. The lowest BCUT2D eigenvalue weighted by molar-refractivity contribution is -0.129. The van der Waals surface area contributed by atoms with Gasteiger partial charge in [-0.2, -0.15) is 0 Å². The monoisotopic (exact) mass is 445 g/mol. The van der Waals surface area contributed by atoms with Crippen molar-refractivity contribution < 1.29 is 19.1 Å². The fourth-order valence-corrected chi connectivity index (χ4v) is 4.53. The zero-order valence-electron chi connectivity index (χ0n) is 16.3. The van der Waals surface area contributed by atoms with Gasteiger partial charge in [-0.25, -0.2) is 4.99 Å². The van der Waals surface area contributed by atoms with Crippen LogP contribution in [0.25, 0.3) is 0 Å². The summed E-state index contributed by atoms with van der Waals surface area (Å²) in [6, 6.07) is 12.7. The molecule has 4 rings (SSSR count). The predicted molar refractivity (Wildman–Crippen MR) is 116 cm³/mol. The van der Waals surface area contributed by atoms with E-state index in [1.54, 1.807) is 23.1 Å². The Hall–Kier alpha value is -2.71. The predicted octanol–water partition coefficient (Wildman–Crippen LogP) is 3.73. The van der Waals surface area contributed by atoms with Gasteiger partial charge in [-0.1, -0.05) is 35.5 Å². The molecule has 156 valence electrons. The van der Waals surface area contributed by atoms with Crippen LogP contribution >= 0.6 is 23.4 Å². The van der Waals surface area contributed by atoms with E-state index in [-0.39, 0.29) is 25.0 Å². The Labute approximate surface area is 183 Å². The highest BCUT2D eigenvalue weighted by atomic mass is 35.5. The number of hydrogen-bond donors (Lipinski definition) is 1. The van der Waals surface area contributed by atoms with E-state index in [0.717, 1.165) is 5.56 Å². The molecule has 0 aromatic heterocycles. The second-order valence-corrected chi connectivity index (χ2v) is 8.36. The van der Waals surface area contributed by atoms with Crippen molar-refractivity contribution in [3.8, 4) is 11.5 Å². The molecule has 0 unspecified atom stereocenters. The quantitative estimate of drug-likeness (QED) is 0.732. The van der Waals surface area contributed by atoms with Crippen molar-refractivity contribution in [3.63, 3.8) is 0 Å². The van der Waals surface area contributed by atoms with Gasteiger partial charge in [-0.3, -0.25) is 14.5 Å². The third kappa shape index (κ3) is 4.55. The Morgan fingerprint density at radius 1 is 1.27 bits per heavy atom. The van der Waals surface area contributed by atoms with Crippen molar-refractivity contribution >= 4 is 46.0 Å². The first-order valence-corrected chi connectivity index (χ1v) is 10.8. The topological polar surface area (TPSA) is 80.2 Å². The number of hydrogen-bond acceptors (Lipinski definition) is 6. The molecule has 2 aliphatic heterocycles. The number of carbonyl (C=O) groups excluding carboxylic acids is 2. The minimum absolute atomic E-state index is 0.101. The van der Waals surface area contributed by atoms with E-state index >= 15 is 0 Å². The molecule has 2 heterocycles. The maximum atomic E-state index is 13.1. The van der Waals surface area contributed by atoms with Crippen molar-refractivity contribution in [3.05, 3.63) is 53.1 Å². The first-order chi connectivity index (χ1) is 14.5. The Kier molecular flexibility index (Phi) is 6.15. The summed E-state index contributed by atoms with van der Waals surface area (Å²) in [5.41, 5.74) is 1.53. The highest BCUT2D eigenvalue weighted by Gasteiger charge is 2.39. The van der Waals surface area contributed by atoms with Gasteiger partial charge >= 0.3 is 0 Å². The second kappa shape index (κ2) is 8.97. The first kappa shape index (κ1) is 20.6. The number of rotatable bonds is 6. The van der Waals surface area contributed by atoms with Crippen LogP contribution in [0.2, 0.25) is 5.02 Å². The average Bonchev–Trinajstić information content (AvgIpc) is 3.28. The molecule has 9 heteroatoms. The number of carbonyl (C=O) groups is 2. The average molecular weight is 446 g/mol. The fraction of sp³-hybridized carbons (Fsp3) is 0.286. The molecule has 2 aliphatic rings. The van der Waals surface area contributed by atoms with Gasteiger partial charge in [0.2, 0.25) is 18.6 Å². The van der Waals surface area contributed by atoms with Crippen LogP contribution in [-0.4, -0.2) is 40.5 Å². The number of amides is 2. The van der Waals surface area contributed by atoms with Crippen molar-refractivity contribution in [2.45, 2.75) is 25.1 Å². The Morgan fingerprint density at radius 3 is 2.90 bits per heavy atom. The van der Waals surface area contributed by atoms with Crippen molar-refractivity contribution in [1.82, 2.24) is 10.2 Å². The number of benzene rings is 2. The molecule has 1 N–H and O–H groups in total. The van der Waals surface area contributed by atoms with Crippen LogP contribution in [0.3, 0.4) is 0 Å². The molecular formula is C21H20ClN3O4S. The molecule has 0 aliphatic carbocycles. The molecule has 1 saturated heterocycles. The van der Waals surface area contributed by atoms with Gasteiger partial charge in [-0.05, 0) is 42.8 Å². The van der Waals surface area contributed by atoms with E-state index in [0.29, 0.717) is 40.5 Å². The number of aliphatic imine (C=N–C) groups is 1. The van der Waals surface area contributed by atoms with E-state index in [1.165, 1.54) is 11.8 Å². The van der Waals surface area contributed by atoms with E-state index in [9.17, 15) is 9.59 Å². The summed E-state index contributed by atoms with van der Waals surface area (Å²) in [6.07, 6.45) is 0.101. The van der Waals surface area contributed by atoms with Crippen LogP contribution in [0.15, 0.2) is 47.5 Å². The van der Waals surface area contributed by atoms with Gasteiger partial charge in [0.1, 0.15) is 5.25 Å². The number of nitrogens with zero attached hydrogens (tertiary/aromatic N) is 2. The molecule has 0 saturated carbocycles. The van der Waals surface area contributed by atoms with Crippen molar-refractivity contribution in [2.75, 3.05) is 13.3 Å². The SMILES string of the molecule is CCNC(=O)C[C@H]1SC(=Nc2cccc(Cl)c2)N(Cc2ccc3c(c2)OCO3)C1=O. The second-order valence-electron chi connectivity index (χ2n) is 6.75. The lowest BCUT2D eigenvalue weighted by atomic mass is 10.1. The minimum atomic E-state index is -0.525. The molecule has 0 spiro atoms. The standard InChI is InChI=1S/C21H20ClN3O4S/c1-2-23-19(26)10-18-20(27)25(11-13-6-7-16-17(8-13)29-12-28-16)21(30-18)24-15-5-3-4-14(22)9-15/h3-9,18H,2,10-12H2,1H3,(H,23,26)/t18-/m1/s1. The van der Waals surface area contributed by atoms with E-state index in [2.05, 4.69) is 10.3 Å². The molecule has 2 aromatic carbocycles. The number of ether oxygens (including phenoxy) is 2. The number of halogens is 1. The maximum absolute atomic E-state index is 13.1. The third-order valence-electron chi connectivity index (χ3n) is 4.58. The number of amidine groups is 1. The van der Waals surface area contributed by atoms with Crippen LogP contribution < -0.4 is 14.8 Å². The Morgan fingerprint density at radius 2 is 2.10 bits per heavy atom. The number of fused-ring (bicyclic) bond motifs is 1. The zero-order valence-corrected chi connectivity index (χ0v) is 17.8. The van der Waals surface area contributed by atoms with E-state index in [4.69, 9.17) is 21.1 Å². The van der Waals surface area contributed by atoms with Gasteiger partial charge in [-0.15, -0.1) is 0 Å². The van der Waals surface area contributed by atoms with Crippen LogP contribution in [0.4, 0.5) is 5.69 Å². The molecular weight excluding hydrogens is 426 g/mol. The molecule has 0 bridgehead atoms. The van der Waals surface area contributed by atoms with Crippen molar-refractivity contribution in [1.29, 1.82) is 0 Å². The van der Waals surface area contributed by atoms with Crippen LogP contribution in [0, 0.1) is 0 Å². The highest BCUT2D eigenvalue weighted by molar-refractivity contribution is 8.15. The molecule has 7 nitrogen and oxygen atoms in total. The lowest BCUT2D eigenvalue weighted by Crippen LogP contribution is -2.34. The molecule has 1 atom stereocenters. The molecule has 0 radical (unpaired) electrons. The van der Waals surface area contributed by atoms with Gasteiger partial charge in [0.25, 0.3) is 0 Å². The fourth-order valence-electron chi connectivity index (χ4n) is 3.19. The van der Waals surface area contributed by atoms with E-state index < -0.39 is 5.25 Å². The third-order valence-corrected chi connectivity index (χ3v) is 5.99. The van der Waals surface area contributed by atoms with Gasteiger partial charge in [0.15, 0.2) is 16.7 Å². The first-order valence-electron chi connectivity index (χ1n) is 9.51. The summed E-state index contributed by atoms with van der Waals surface area (Å²) in [7, 11) is 0. The largest absolute Gasteiger partial charge is 0.454 e. The van der Waals surface area contributed by atoms with Gasteiger partial charge < -0.3 is 14.8 Å². The van der Waals surface area contributed by atoms with Crippen LogP contribution in [0.1, 0.15) is 18.9 Å².